The first-order valence-electron chi connectivity index (χ1n) is 13.3. The third-order valence-electron chi connectivity index (χ3n) is 6.74. The van der Waals surface area contributed by atoms with Crippen molar-refractivity contribution < 1.29 is 18.0 Å². The van der Waals surface area contributed by atoms with E-state index in [1.54, 1.807) is 30.3 Å². The minimum Gasteiger partial charge on any atom is -0.352 e. The molecule has 7 nitrogen and oxygen atoms in total. The summed E-state index contributed by atoms with van der Waals surface area (Å²) in [5.41, 5.74) is 3.68. The van der Waals surface area contributed by atoms with E-state index in [2.05, 4.69) is 5.32 Å². The molecule has 0 bridgehead atoms. The first kappa shape index (κ1) is 31.2. The average molecular weight is 584 g/mol. The second-order valence-electron chi connectivity index (χ2n) is 10.3. The summed E-state index contributed by atoms with van der Waals surface area (Å²) in [7, 11) is -3.83. The number of carbonyl (C=O) groups excluding carboxylic acids is 2. The van der Waals surface area contributed by atoms with Crippen LogP contribution in [0, 0.1) is 13.8 Å². The van der Waals surface area contributed by atoms with Gasteiger partial charge in [0.05, 0.1) is 11.9 Å². The number of aryl methyl sites for hydroxylation is 2. The van der Waals surface area contributed by atoms with Gasteiger partial charge in [-0.05, 0) is 67.6 Å². The average Bonchev–Trinajstić information content (AvgIpc) is 2.89. The third kappa shape index (κ3) is 8.57. The molecule has 0 aliphatic heterocycles. The van der Waals surface area contributed by atoms with Crippen molar-refractivity contribution in [3.8, 4) is 0 Å². The van der Waals surface area contributed by atoms with Gasteiger partial charge in [-0.3, -0.25) is 13.9 Å². The maximum Gasteiger partial charge on any atom is 0.244 e. The Bertz CT molecular complexity index is 1410. The summed E-state index contributed by atoms with van der Waals surface area (Å²) in [6, 6.07) is 21.0. The molecule has 0 heterocycles. The van der Waals surface area contributed by atoms with E-state index in [1.165, 1.54) is 4.90 Å². The molecule has 0 spiro atoms. The van der Waals surface area contributed by atoms with E-state index >= 15 is 0 Å². The highest BCUT2D eigenvalue weighted by molar-refractivity contribution is 7.92. The molecule has 2 atom stereocenters. The predicted molar refractivity (Wildman–Crippen MR) is 162 cm³/mol. The van der Waals surface area contributed by atoms with Crippen LogP contribution >= 0.6 is 11.6 Å². The van der Waals surface area contributed by atoms with Gasteiger partial charge in [0.25, 0.3) is 0 Å². The van der Waals surface area contributed by atoms with Crippen molar-refractivity contribution in [3.05, 3.63) is 100 Å². The smallest absolute Gasteiger partial charge is 0.244 e. The van der Waals surface area contributed by atoms with E-state index in [-0.39, 0.29) is 24.9 Å². The lowest BCUT2D eigenvalue weighted by atomic mass is 10.0. The largest absolute Gasteiger partial charge is 0.352 e. The minimum absolute atomic E-state index is 0.0361. The monoisotopic (exact) mass is 583 g/mol. The van der Waals surface area contributed by atoms with Crippen LogP contribution in [0.4, 0.5) is 5.69 Å². The maximum atomic E-state index is 14.1. The van der Waals surface area contributed by atoms with Crippen molar-refractivity contribution in [1.82, 2.24) is 10.2 Å². The molecule has 0 aromatic heterocycles. The van der Waals surface area contributed by atoms with Crippen LogP contribution in [0.25, 0.3) is 0 Å². The summed E-state index contributed by atoms with van der Waals surface area (Å²) in [5.74, 6) is -0.819. The van der Waals surface area contributed by atoms with Crippen LogP contribution < -0.4 is 9.62 Å². The molecule has 0 unspecified atom stereocenters. The van der Waals surface area contributed by atoms with E-state index in [9.17, 15) is 18.0 Å². The van der Waals surface area contributed by atoms with Gasteiger partial charge in [0.2, 0.25) is 21.8 Å². The molecule has 3 aromatic carbocycles. The Hall–Kier alpha value is -3.36. The van der Waals surface area contributed by atoms with Crippen molar-refractivity contribution in [2.45, 2.75) is 59.2 Å². The molecule has 0 saturated heterocycles. The first-order chi connectivity index (χ1) is 18.9. The predicted octanol–water partition coefficient (Wildman–Crippen LogP) is 5.28. The molecule has 3 rings (SSSR count). The standard InChI is InChI=1S/C31H38ClN3O4S/c1-6-24(4)33-31(37)29(19-25-12-8-7-9-13-25)34(20-26-14-10-11-15-28(26)32)30(36)21-35(40(5,38)39)27-17-22(2)16-23(3)18-27/h7-18,24,29H,6,19-21H2,1-5H3,(H,33,37)/t24-,29-/m0/s1. The van der Waals surface area contributed by atoms with Crippen LogP contribution in [-0.4, -0.2) is 50.0 Å². The second-order valence-corrected chi connectivity index (χ2v) is 12.6. The summed E-state index contributed by atoms with van der Waals surface area (Å²) in [5, 5.41) is 3.47. The van der Waals surface area contributed by atoms with E-state index in [0.29, 0.717) is 16.3 Å². The van der Waals surface area contributed by atoms with Crippen LogP contribution in [0.3, 0.4) is 0 Å². The Morgan fingerprint density at radius 3 is 2.12 bits per heavy atom. The summed E-state index contributed by atoms with van der Waals surface area (Å²) in [6.07, 6.45) is 2.05. The molecule has 0 aliphatic carbocycles. The zero-order valence-electron chi connectivity index (χ0n) is 23.7. The molecule has 1 N–H and O–H groups in total. The molecular weight excluding hydrogens is 546 g/mol. The number of rotatable bonds is 12. The van der Waals surface area contributed by atoms with E-state index in [1.807, 2.05) is 70.2 Å². The molecule has 214 valence electrons. The fraction of sp³-hybridized carbons (Fsp3) is 0.355. The zero-order valence-corrected chi connectivity index (χ0v) is 25.3. The third-order valence-corrected chi connectivity index (χ3v) is 8.25. The van der Waals surface area contributed by atoms with Gasteiger partial charge in [0.1, 0.15) is 12.6 Å². The zero-order chi connectivity index (χ0) is 29.4. The molecule has 0 radical (unpaired) electrons. The molecule has 0 saturated carbocycles. The first-order valence-corrected chi connectivity index (χ1v) is 15.5. The molecule has 0 aliphatic rings. The minimum atomic E-state index is -3.83. The Balaban J connectivity index is 2.09. The van der Waals surface area contributed by atoms with Crippen molar-refractivity contribution in [3.63, 3.8) is 0 Å². The van der Waals surface area contributed by atoms with E-state index < -0.39 is 28.5 Å². The number of anilines is 1. The van der Waals surface area contributed by atoms with Gasteiger partial charge >= 0.3 is 0 Å². The highest BCUT2D eigenvalue weighted by Crippen LogP contribution is 2.24. The van der Waals surface area contributed by atoms with Crippen molar-refractivity contribution in [1.29, 1.82) is 0 Å². The number of amides is 2. The van der Waals surface area contributed by atoms with Crippen LogP contribution in [0.1, 0.15) is 42.5 Å². The number of sulfonamides is 1. The van der Waals surface area contributed by atoms with Crippen LogP contribution in [0.15, 0.2) is 72.8 Å². The van der Waals surface area contributed by atoms with Gasteiger partial charge in [-0.15, -0.1) is 0 Å². The van der Waals surface area contributed by atoms with Gasteiger partial charge in [-0.25, -0.2) is 8.42 Å². The summed E-state index contributed by atoms with van der Waals surface area (Å²) >= 11 is 6.49. The van der Waals surface area contributed by atoms with Gasteiger partial charge in [-0.2, -0.15) is 0 Å². The van der Waals surface area contributed by atoms with Crippen molar-refractivity contribution in [2.24, 2.45) is 0 Å². The lowest BCUT2D eigenvalue weighted by molar-refractivity contribution is -0.140. The van der Waals surface area contributed by atoms with Crippen molar-refractivity contribution in [2.75, 3.05) is 17.1 Å². The lowest BCUT2D eigenvalue weighted by Crippen LogP contribution is -2.54. The van der Waals surface area contributed by atoms with Gasteiger partial charge in [0.15, 0.2) is 0 Å². The summed E-state index contributed by atoms with van der Waals surface area (Å²) in [6.45, 7) is 7.19. The van der Waals surface area contributed by atoms with Gasteiger partial charge in [0, 0.05) is 24.0 Å². The topological polar surface area (TPSA) is 86.8 Å². The molecule has 0 fully saturated rings. The van der Waals surface area contributed by atoms with E-state index in [4.69, 9.17) is 11.6 Å². The van der Waals surface area contributed by atoms with Crippen LogP contribution in [-0.2, 0) is 32.6 Å². The second kappa shape index (κ2) is 13.8. The quantitative estimate of drug-likeness (QED) is 0.314. The number of nitrogens with one attached hydrogen (secondary N) is 1. The number of nitrogens with zero attached hydrogens (tertiary/aromatic N) is 2. The molecular formula is C31H38ClN3O4S. The lowest BCUT2D eigenvalue weighted by Gasteiger charge is -2.34. The Labute approximate surface area is 243 Å². The highest BCUT2D eigenvalue weighted by Gasteiger charge is 2.33. The number of benzene rings is 3. The number of carbonyl (C=O) groups is 2. The summed E-state index contributed by atoms with van der Waals surface area (Å²) in [4.78, 5) is 29.3. The summed E-state index contributed by atoms with van der Waals surface area (Å²) < 4.78 is 27.0. The normalized spacial score (nSPS) is 12.8. The highest BCUT2D eigenvalue weighted by atomic mass is 35.5. The van der Waals surface area contributed by atoms with Gasteiger partial charge in [-0.1, -0.05) is 73.1 Å². The van der Waals surface area contributed by atoms with Crippen LogP contribution in [0.2, 0.25) is 5.02 Å². The Morgan fingerprint density at radius 1 is 0.950 bits per heavy atom. The maximum absolute atomic E-state index is 14.1. The van der Waals surface area contributed by atoms with Crippen LogP contribution in [0.5, 0.6) is 0 Å². The molecule has 3 aromatic rings. The number of halogens is 1. The molecule has 2 amide bonds. The Kier molecular flexibility index (Phi) is 10.8. The molecule has 40 heavy (non-hydrogen) atoms. The SMILES string of the molecule is CC[C@H](C)NC(=O)[C@H](Cc1ccccc1)N(Cc1ccccc1Cl)C(=O)CN(c1cc(C)cc(C)c1)S(C)(=O)=O. The fourth-order valence-corrected chi connectivity index (χ4v) is 5.54. The van der Waals surface area contributed by atoms with Crippen molar-refractivity contribution >= 4 is 39.1 Å². The fourth-order valence-electron chi connectivity index (χ4n) is 4.51. The number of hydrogen-bond acceptors (Lipinski definition) is 4. The number of hydrogen-bond donors (Lipinski definition) is 1. The molecule has 9 heteroatoms. The Morgan fingerprint density at radius 2 is 1.55 bits per heavy atom. The van der Waals surface area contributed by atoms with E-state index in [0.717, 1.165) is 33.7 Å². The van der Waals surface area contributed by atoms with Gasteiger partial charge < -0.3 is 10.2 Å².